The van der Waals surface area contributed by atoms with E-state index in [4.69, 9.17) is 5.11 Å². The van der Waals surface area contributed by atoms with E-state index in [0.29, 0.717) is 0 Å². The molecular weight excluding hydrogens is 264 g/mol. The van der Waals surface area contributed by atoms with Crippen LogP contribution in [0.5, 0.6) is 5.75 Å². The number of aliphatic hydroxyl groups excluding tert-OH is 1. The molecule has 0 aliphatic carbocycles. The normalized spacial score (nSPS) is 11.0. The smallest absolute Gasteiger partial charge is 0.339 e. The highest BCUT2D eigenvalue weighted by Crippen LogP contribution is 2.22. The van der Waals surface area contributed by atoms with Crippen LogP contribution in [0.2, 0.25) is 0 Å². The molecule has 2 amide bonds. The number of aromatic hydroxyl groups is 1. The second-order valence-electron chi connectivity index (χ2n) is 5.00. The summed E-state index contributed by atoms with van der Waals surface area (Å²) in [4.78, 5) is 24.2. The molecule has 0 saturated carbocycles. The SMILES string of the molecule is CN(C(=O)Nc1ccc(O)c(C(=O)O)c1)C(C)(C)CO. The van der Waals surface area contributed by atoms with Crippen molar-refractivity contribution in [3.8, 4) is 5.75 Å². The van der Waals surface area contributed by atoms with E-state index in [1.165, 1.54) is 24.1 Å². The molecule has 0 aliphatic heterocycles. The van der Waals surface area contributed by atoms with Crippen molar-refractivity contribution < 1.29 is 24.9 Å². The number of nitrogens with one attached hydrogen (secondary N) is 1. The molecule has 0 aromatic heterocycles. The van der Waals surface area contributed by atoms with Gasteiger partial charge in [0.05, 0.1) is 12.1 Å². The molecule has 7 nitrogen and oxygen atoms in total. The average Bonchev–Trinajstić information content (AvgIpc) is 2.39. The van der Waals surface area contributed by atoms with E-state index in [1.807, 2.05) is 0 Å². The van der Waals surface area contributed by atoms with Gasteiger partial charge in [0.1, 0.15) is 11.3 Å². The first-order chi connectivity index (χ1) is 9.19. The predicted molar refractivity (Wildman–Crippen MR) is 73.0 cm³/mol. The van der Waals surface area contributed by atoms with Crippen molar-refractivity contribution in [2.24, 2.45) is 0 Å². The van der Waals surface area contributed by atoms with Gasteiger partial charge >= 0.3 is 12.0 Å². The van der Waals surface area contributed by atoms with E-state index in [1.54, 1.807) is 13.8 Å². The molecule has 0 atom stereocenters. The molecule has 0 aliphatic rings. The number of urea groups is 1. The van der Waals surface area contributed by atoms with Gasteiger partial charge in [0.2, 0.25) is 0 Å². The van der Waals surface area contributed by atoms with E-state index in [2.05, 4.69) is 5.32 Å². The maximum atomic E-state index is 12.0. The van der Waals surface area contributed by atoms with Crippen LogP contribution in [0.4, 0.5) is 10.5 Å². The standard InChI is InChI=1S/C13H18N2O5/c1-13(2,7-16)15(3)12(20)14-8-4-5-10(17)9(6-8)11(18)19/h4-6,16-17H,7H2,1-3H3,(H,14,20)(H,18,19). The summed E-state index contributed by atoms with van der Waals surface area (Å²) < 4.78 is 0. The number of carbonyl (C=O) groups excluding carboxylic acids is 1. The Labute approximate surface area is 116 Å². The molecule has 0 saturated heterocycles. The lowest BCUT2D eigenvalue weighted by Gasteiger charge is -2.33. The Balaban J connectivity index is 2.92. The second-order valence-corrected chi connectivity index (χ2v) is 5.00. The largest absolute Gasteiger partial charge is 0.507 e. The minimum absolute atomic E-state index is 0.215. The number of hydrogen-bond donors (Lipinski definition) is 4. The quantitative estimate of drug-likeness (QED) is 0.623. The number of carboxylic acids is 1. The number of aliphatic hydroxyl groups is 1. The molecule has 1 rings (SSSR count). The van der Waals surface area contributed by atoms with Crippen LogP contribution < -0.4 is 5.32 Å². The van der Waals surface area contributed by atoms with Crippen molar-refractivity contribution in [1.82, 2.24) is 4.90 Å². The van der Waals surface area contributed by atoms with Crippen molar-refractivity contribution in [2.45, 2.75) is 19.4 Å². The number of aromatic carboxylic acids is 1. The molecule has 0 bridgehead atoms. The number of likely N-dealkylation sites (N-methyl/N-ethyl adjacent to an activating group) is 1. The first-order valence-corrected chi connectivity index (χ1v) is 5.91. The zero-order valence-corrected chi connectivity index (χ0v) is 11.5. The number of carbonyl (C=O) groups is 2. The van der Waals surface area contributed by atoms with Gasteiger partial charge in [0, 0.05) is 12.7 Å². The van der Waals surface area contributed by atoms with Crippen LogP contribution in [0.3, 0.4) is 0 Å². The Morgan fingerprint density at radius 1 is 1.35 bits per heavy atom. The van der Waals surface area contributed by atoms with Crippen LogP contribution in [-0.4, -0.2) is 51.4 Å². The third kappa shape index (κ3) is 3.39. The lowest BCUT2D eigenvalue weighted by atomic mass is 10.1. The Morgan fingerprint density at radius 3 is 2.45 bits per heavy atom. The summed E-state index contributed by atoms with van der Waals surface area (Å²) in [6.07, 6.45) is 0. The molecule has 1 aromatic rings. The molecule has 0 heterocycles. The fourth-order valence-electron chi connectivity index (χ4n) is 1.37. The number of phenols is 1. The van der Waals surface area contributed by atoms with Crippen LogP contribution in [0.1, 0.15) is 24.2 Å². The van der Waals surface area contributed by atoms with Crippen molar-refractivity contribution in [1.29, 1.82) is 0 Å². The third-order valence-corrected chi connectivity index (χ3v) is 3.08. The van der Waals surface area contributed by atoms with Gasteiger partial charge in [-0.25, -0.2) is 9.59 Å². The number of carboxylic acid groups (broad SMARTS) is 1. The van der Waals surface area contributed by atoms with Crippen LogP contribution >= 0.6 is 0 Å². The number of rotatable bonds is 4. The van der Waals surface area contributed by atoms with Gasteiger partial charge in [0.25, 0.3) is 0 Å². The molecule has 0 unspecified atom stereocenters. The summed E-state index contributed by atoms with van der Waals surface area (Å²) in [6, 6.07) is 3.25. The number of amides is 2. The highest BCUT2D eigenvalue weighted by atomic mass is 16.4. The van der Waals surface area contributed by atoms with Crippen LogP contribution in [0.25, 0.3) is 0 Å². The maximum Gasteiger partial charge on any atom is 0.339 e. The molecule has 110 valence electrons. The van der Waals surface area contributed by atoms with Gasteiger partial charge in [-0.05, 0) is 32.0 Å². The molecule has 0 spiro atoms. The fraction of sp³-hybridized carbons (Fsp3) is 0.385. The van der Waals surface area contributed by atoms with E-state index in [0.717, 1.165) is 6.07 Å². The zero-order valence-electron chi connectivity index (χ0n) is 11.5. The Bertz CT molecular complexity index is 527. The summed E-state index contributed by atoms with van der Waals surface area (Å²) in [6.45, 7) is 3.16. The number of nitrogens with zero attached hydrogens (tertiary/aromatic N) is 1. The van der Waals surface area contributed by atoms with Gasteiger partial charge in [-0.1, -0.05) is 0 Å². The van der Waals surface area contributed by atoms with Crippen molar-refractivity contribution in [3.05, 3.63) is 23.8 Å². The second kappa shape index (κ2) is 5.79. The van der Waals surface area contributed by atoms with Gasteiger partial charge < -0.3 is 25.5 Å². The monoisotopic (exact) mass is 282 g/mol. The predicted octanol–water partition coefficient (Wildman–Crippen LogP) is 1.32. The fourth-order valence-corrected chi connectivity index (χ4v) is 1.37. The summed E-state index contributed by atoms with van der Waals surface area (Å²) in [5.74, 6) is -1.66. The summed E-state index contributed by atoms with van der Waals surface area (Å²) in [5.41, 5.74) is -0.811. The van der Waals surface area contributed by atoms with Crippen LogP contribution in [-0.2, 0) is 0 Å². The van der Waals surface area contributed by atoms with Crippen LogP contribution in [0.15, 0.2) is 18.2 Å². The minimum atomic E-state index is -1.29. The summed E-state index contributed by atoms with van der Waals surface area (Å²) in [7, 11) is 1.52. The van der Waals surface area contributed by atoms with Gasteiger partial charge in [0.15, 0.2) is 0 Å². The van der Waals surface area contributed by atoms with Gasteiger partial charge in [-0.3, -0.25) is 0 Å². The average molecular weight is 282 g/mol. The lowest BCUT2D eigenvalue weighted by molar-refractivity contribution is 0.0693. The minimum Gasteiger partial charge on any atom is -0.507 e. The molecule has 20 heavy (non-hydrogen) atoms. The molecule has 0 fully saturated rings. The molecule has 1 aromatic carbocycles. The topological polar surface area (TPSA) is 110 Å². The van der Waals surface area contributed by atoms with Gasteiger partial charge in [-0.2, -0.15) is 0 Å². The summed E-state index contributed by atoms with van der Waals surface area (Å²) in [5, 5.41) is 30.0. The maximum absolute atomic E-state index is 12.0. The lowest BCUT2D eigenvalue weighted by Crippen LogP contribution is -2.49. The van der Waals surface area contributed by atoms with Gasteiger partial charge in [-0.15, -0.1) is 0 Å². The third-order valence-electron chi connectivity index (χ3n) is 3.08. The first-order valence-electron chi connectivity index (χ1n) is 5.91. The highest BCUT2D eigenvalue weighted by Gasteiger charge is 2.27. The first kappa shape index (κ1) is 15.8. The molecular formula is C13H18N2O5. The highest BCUT2D eigenvalue weighted by molar-refractivity contribution is 5.95. The Kier molecular flexibility index (Phi) is 4.57. The van der Waals surface area contributed by atoms with E-state index >= 15 is 0 Å². The molecule has 0 radical (unpaired) electrons. The number of anilines is 1. The Hall–Kier alpha value is -2.28. The van der Waals surface area contributed by atoms with E-state index in [9.17, 15) is 19.8 Å². The molecule has 4 N–H and O–H groups in total. The number of hydrogen-bond acceptors (Lipinski definition) is 4. The van der Waals surface area contributed by atoms with Crippen molar-refractivity contribution in [2.75, 3.05) is 19.0 Å². The van der Waals surface area contributed by atoms with E-state index < -0.39 is 17.5 Å². The van der Waals surface area contributed by atoms with Crippen molar-refractivity contribution >= 4 is 17.7 Å². The Morgan fingerprint density at radius 2 is 1.95 bits per heavy atom. The number of benzene rings is 1. The van der Waals surface area contributed by atoms with E-state index in [-0.39, 0.29) is 23.6 Å². The van der Waals surface area contributed by atoms with Crippen molar-refractivity contribution in [3.63, 3.8) is 0 Å². The molecule has 7 heteroatoms. The zero-order chi connectivity index (χ0) is 15.5. The summed E-state index contributed by atoms with van der Waals surface area (Å²) >= 11 is 0. The van der Waals surface area contributed by atoms with Crippen LogP contribution in [0, 0.1) is 0 Å².